The summed E-state index contributed by atoms with van der Waals surface area (Å²) in [4.78, 5) is 4.50. The van der Waals surface area contributed by atoms with Gasteiger partial charge in [0.2, 0.25) is 0 Å². The Morgan fingerprint density at radius 2 is 2.05 bits per heavy atom. The molecule has 0 aliphatic rings. The summed E-state index contributed by atoms with van der Waals surface area (Å²) in [5.74, 6) is 0. The van der Waals surface area contributed by atoms with E-state index in [1.165, 1.54) is 17.5 Å². The molecule has 0 bridgehead atoms. The lowest BCUT2D eigenvalue weighted by atomic mass is 10.1. The Bertz CT molecular complexity index is 505. The van der Waals surface area contributed by atoms with Gasteiger partial charge in [-0.25, -0.2) is 4.98 Å². The highest BCUT2D eigenvalue weighted by Gasteiger charge is 2.06. The van der Waals surface area contributed by atoms with E-state index in [9.17, 15) is 0 Å². The molecule has 1 atom stereocenters. The van der Waals surface area contributed by atoms with Gasteiger partial charge in [0.1, 0.15) is 0 Å². The Kier molecular flexibility index (Phi) is 4.74. The minimum absolute atomic E-state index is 0. The maximum absolute atomic E-state index is 4.50. The predicted octanol–water partition coefficient (Wildman–Crippen LogP) is 3.53. The van der Waals surface area contributed by atoms with Gasteiger partial charge in [-0.05, 0) is 26.0 Å². The van der Waals surface area contributed by atoms with Crippen molar-refractivity contribution in [3.63, 3.8) is 0 Å². The molecule has 1 N–H and O–H groups in total. The van der Waals surface area contributed by atoms with Crippen molar-refractivity contribution in [1.29, 1.82) is 0 Å². The first-order chi connectivity index (χ1) is 9.24. The fourth-order valence-electron chi connectivity index (χ4n) is 2.26. The Morgan fingerprint density at radius 1 is 1.32 bits per heavy atom. The van der Waals surface area contributed by atoms with Crippen LogP contribution in [-0.2, 0) is 6.42 Å². The van der Waals surface area contributed by atoms with Crippen LogP contribution in [0.3, 0.4) is 0 Å². The highest BCUT2D eigenvalue weighted by Crippen LogP contribution is 2.19. The summed E-state index contributed by atoms with van der Waals surface area (Å²) >= 11 is 0. The molecule has 0 amide bonds. The average Bonchev–Trinajstić information content (AvgIpc) is 2.90. The average molecular weight is 259 g/mol. The van der Waals surface area contributed by atoms with E-state index in [2.05, 4.69) is 59.2 Å². The lowest BCUT2D eigenvalue weighted by Gasteiger charge is -2.11. The largest absolute Gasteiger partial charge is 0.333 e. The molecule has 2 aromatic rings. The van der Waals surface area contributed by atoms with Crippen LogP contribution in [0.25, 0.3) is 11.3 Å². The van der Waals surface area contributed by atoms with Crippen LogP contribution in [0.2, 0.25) is 0 Å². The number of hydrogen-bond acceptors (Lipinski definition) is 2. The van der Waals surface area contributed by atoms with Crippen molar-refractivity contribution in [2.75, 3.05) is 13.6 Å². The summed E-state index contributed by atoms with van der Waals surface area (Å²) in [6, 6.07) is 9.16. The van der Waals surface area contributed by atoms with Gasteiger partial charge in [-0.1, -0.05) is 37.6 Å². The third-order valence-electron chi connectivity index (χ3n) is 3.40. The standard InChI is InChI=1S/C16H23N3.H2/c1-4-5-14-6-8-15(9-7-14)16-11-19(12-18-16)13(2)10-17-3;/h6-9,11-13,17H,4-5,10H2,1-3H3;1H/t13-;/m1./s1. The smallest absolute Gasteiger partial charge is 0.0956 e. The SMILES string of the molecule is CCCc1ccc(-c2cn([C@H](C)CNC)cn2)cc1.[HH]. The number of rotatable bonds is 6. The lowest BCUT2D eigenvalue weighted by molar-refractivity contribution is 0.517. The zero-order valence-electron chi connectivity index (χ0n) is 12.1. The summed E-state index contributed by atoms with van der Waals surface area (Å²) in [6.07, 6.45) is 6.37. The topological polar surface area (TPSA) is 29.9 Å². The number of aryl methyl sites for hydroxylation is 1. The quantitative estimate of drug-likeness (QED) is 0.860. The first kappa shape index (κ1) is 13.8. The second kappa shape index (κ2) is 6.53. The number of likely N-dealkylation sites (N-methyl/N-ethyl adjacent to an activating group) is 1. The minimum atomic E-state index is 0. The van der Waals surface area contributed by atoms with Crippen LogP contribution in [0.4, 0.5) is 0 Å². The molecule has 0 saturated carbocycles. The van der Waals surface area contributed by atoms with Gasteiger partial charge < -0.3 is 9.88 Å². The summed E-state index contributed by atoms with van der Waals surface area (Å²) in [6.45, 7) is 5.34. The van der Waals surface area contributed by atoms with Crippen molar-refractivity contribution < 1.29 is 1.43 Å². The minimum Gasteiger partial charge on any atom is -0.333 e. The molecule has 0 aliphatic heterocycles. The zero-order chi connectivity index (χ0) is 13.7. The van der Waals surface area contributed by atoms with Gasteiger partial charge in [-0.15, -0.1) is 0 Å². The van der Waals surface area contributed by atoms with Crippen LogP contribution in [-0.4, -0.2) is 23.1 Å². The first-order valence-corrected chi connectivity index (χ1v) is 7.02. The number of aromatic nitrogens is 2. The van der Waals surface area contributed by atoms with Gasteiger partial charge >= 0.3 is 0 Å². The Morgan fingerprint density at radius 3 is 2.68 bits per heavy atom. The maximum Gasteiger partial charge on any atom is 0.0956 e. The molecule has 2 rings (SSSR count). The molecule has 3 nitrogen and oxygen atoms in total. The Hall–Kier alpha value is -1.61. The van der Waals surface area contributed by atoms with Crippen LogP contribution in [0.15, 0.2) is 36.8 Å². The molecular weight excluding hydrogens is 234 g/mol. The van der Waals surface area contributed by atoms with E-state index in [1.807, 2.05) is 13.4 Å². The van der Waals surface area contributed by atoms with Crippen LogP contribution in [0.1, 0.15) is 33.3 Å². The second-order valence-electron chi connectivity index (χ2n) is 5.06. The number of hydrogen-bond donors (Lipinski definition) is 1. The third kappa shape index (κ3) is 3.44. The molecular formula is C16H25N3. The van der Waals surface area contributed by atoms with E-state index in [-0.39, 0.29) is 1.43 Å². The van der Waals surface area contributed by atoms with Gasteiger partial charge in [0.15, 0.2) is 0 Å². The summed E-state index contributed by atoms with van der Waals surface area (Å²) in [5, 5.41) is 3.19. The van der Waals surface area contributed by atoms with E-state index in [0.29, 0.717) is 6.04 Å². The number of nitrogens with zero attached hydrogens (tertiary/aromatic N) is 2. The molecule has 3 heteroatoms. The van der Waals surface area contributed by atoms with Gasteiger partial charge in [-0.2, -0.15) is 0 Å². The third-order valence-corrected chi connectivity index (χ3v) is 3.40. The molecule has 1 aromatic carbocycles. The summed E-state index contributed by atoms with van der Waals surface area (Å²) in [7, 11) is 1.97. The van der Waals surface area contributed by atoms with Crippen LogP contribution in [0, 0.1) is 0 Å². The van der Waals surface area contributed by atoms with Gasteiger partial charge in [0, 0.05) is 25.8 Å². The fourth-order valence-corrected chi connectivity index (χ4v) is 2.26. The number of benzene rings is 1. The van der Waals surface area contributed by atoms with Crippen molar-refractivity contribution in [1.82, 2.24) is 14.9 Å². The number of nitrogens with one attached hydrogen (secondary N) is 1. The number of imidazole rings is 1. The molecule has 0 aliphatic carbocycles. The van der Waals surface area contributed by atoms with Crippen molar-refractivity contribution in [2.24, 2.45) is 0 Å². The fraction of sp³-hybridized carbons (Fsp3) is 0.438. The van der Waals surface area contributed by atoms with Crippen molar-refractivity contribution >= 4 is 0 Å². The van der Waals surface area contributed by atoms with E-state index in [0.717, 1.165) is 18.7 Å². The lowest BCUT2D eigenvalue weighted by Crippen LogP contribution is -2.18. The molecule has 19 heavy (non-hydrogen) atoms. The molecule has 0 radical (unpaired) electrons. The van der Waals surface area contributed by atoms with E-state index < -0.39 is 0 Å². The predicted molar refractivity (Wildman–Crippen MR) is 82.4 cm³/mol. The monoisotopic (exact) mass is 259 g/mol. The molecule has 104 valence electrons. The van der Waals surface area contributed by atoms with Gasteiger partial charge in [0.25, 0.3) is 0 Å². The molecule has 1 aromatic heterocycles. The van der Waals surface area contributed by atoms with Crippen LogP contribution in [0.5, 0.6) is 0 Å². The van der Waals surface area contributed by atoms with Crippen LogP contribution < -0.4 is 5.32 Å². The van der Waals surface area contributed by atoms with Crippen molar-refractivity contribution in [3.8, 4) is 11.3 Å². The van der Waals surface area contributed by atoms with Gasteiger partial charge in [0.05, 0.1) is 12.0 Å². The Labute approximate surface area is 117 Å². The first-order valence-electron chi connectivity index (χ1n) is 7.02. The molecule has 0 spiro atoms. The summed E-state index contributed by atoms with van der Waals surface area (Å²) < 4.78 is 2.16. The molecule has 0 unspecified atom stereocenters. The molecule has 0 saturated heterocycles. The normalized spacial score (nSPS) is 12.6. The second-order valence-corrected chi connectivity index (χ2v) is 5.06. The van der Waals surface area contributed by atoms with Crippen LogP contribution >= 0.6 is 0 Å². The highest BCUT2D eigenvalue weighted by molar-refractivity contribution is 5.58. The Balaban J connectivity index is 0.00000200. The van der Waals surface area contributed by atoms with Crippen molar-refractivity contribution in [2.45, 2.75) is 32.7 Å². The van der Waals surface area contributed by atoms with E-state index in [4.69, 9.17) is 0 Å². The van der Waals surface area contributed by atoms with E-state index >= 15 is 0 Å². The summed E-state index contributed by atoms with van der Waals surface area (Å²) in [5.41, 5.74) is 3.63. The molecule has 1 heterocycles. The van der Waals surface area contributed by atoms with E-state index in [1.54, 1.807) is 0 Å². The van der Waals surface area contributed by atoms with Gasteiger partial charge in [-0.3, -0.25) is 0 Å². The zero-order valence-corrected chi connectivity index (χ0v) is 12.1. The highest BCUT2D eigenvalue weighted by atomic mass is 15.1. The van der Waals surface area contributed by atoms with Crippen molar-refractivity contribution in [3.05, 3.63) is 42.4 Å². The maximum atomic E-state index is 4.50. The molecule has 0 fully saturated rings.